The van der Waals surface area contributed by atoms with Gasteiger partial charge >= 0.3 is 0 Å². The summed E-state index contributed by atoms with van der Waals surface area (Å²) in [6.45, 7) is 0. The van der Waals surface area contributed by atoms with Crippen LogP contribution in [0.4, 0.5) is 0 Å². The standard InChI is InChI=1S/C3H8BNO2/c4-1-2(5)3(6)7/h2-3,6-7H,1,5H2. The van der Waals surface area contributed by atoms with Crippen molar-refractivity contribution >= 4 is 7.85 Å². The van der Waals surface area contributed by atoms with Gasteiger partial charge < -0.3 is 15.9 Å². The Morgan fingerprint density at radius 2 is 2.00 bits per heavy atom. The average molecular weight is 101 g/mol. The summed E-state index contributed by atoms with van der Waals surface area (Å²) in [6, 6.07) is -0.708. The highest BCUT2D eigenvalue weighted by Crippen LogP contribution is 1.86. The van der Waals surface area contributed by atoms with Gasteiger partial charge in [-0.1, -0.05) is 6.32 Å². The summed E-state index contributed by atoms with van der Waals surface area (Å²) >= 11 is 0. The third-order valence-corrected chi connectivity index (χ3v) is 0.655. The molecular weight excluding hydrogens is 92.8 g/mol. The second kappa shape index (κ2) is 3.01. The van der Waals surface area contributed by atoms with E-state index in [1.54, 1.807) is 0 Å². The lowest BCUT2D eigenvalue weighted by atomic mass is 9.98. The SMILES string of the molecule is [B]CC(N)C(O)O. The Morgan fingerprint density at radius 1 is 1.57 bits per heavy atom. The number of hydrogen-bond donors (Lipinski definition) is 3. The molecular formula is C3H8BNO2. The first-order valence-electron chi connectivity index (χ1n) is 2.00. The molecule has 0 heterocycles. The Kier molecular flexibility index (Phi) is 2.99. The Hall–Kier alpha value is -0.0551. The van der Waals surface area contributed by atoms with Gasteiger partial charge in [0, 0.05) is 6.04 Å². The third kappa shape index (κ3) is 2.62. The smallest absolute Gasteiger partial charge is 0.166 e. The van der Waals surface area contributed by atoms with Gasteiger partial charge in [-0.3, -0.25) is 0 Å². The average Bonchev–Trinajstić information content (AvgIpc) is 1.65. The van der Waals surface area contributed by atoms with Gasteiger partial charge in [0.25, 0.3) is 0 Å². The summed E-state index contributed by atoms with van der Waals surface area (Å²) in [5.41, 5.74) is 4.99. The molecule has 0 aliphatic rings. The number of rotatable bonds is 2. The Labute approximate surface area is 43.5 Å². The molecule has 3 nitrogen and oxygen atoms in total. The normalized spacial score (nSPS) is 14.9. The number of aliphatic hydroxyl groups excluding tert-OH is 1. The molecule has 2 radical (unpaired) electrons. The Balaban J connectivity index is 3.14. The lowest BCUT2D eigenvalue weighted by molar-refractivity contribution is -0.0536. The topological polar surface area (TPSA) is 66.5 Å². The monoisotopic (exact) mass is 101 g/mol. The molecule has 0 fully saturated rings. The van der Waals surface area contributed by atoms with E-state index in [9.17, 15) is 0 Å². The van der Waals surface area contributed by atoms with Crippen molar-refractivity contribution in [2.75, 3.05) is 0 Å². The van der Waals surface area contributed by atoms with E-state index in [1.807, 2.05) is 0 Å². The first-order valence-corrected chi connectivity index (χ1v) is 2.00. The molecule has 0 spiro atoms. The minimum absolute atomic E-state index is 0.0949. The van der Waals surface area contributed by atoms with E-state index < -0.39 is 12.3 Å². The van der Waals surface area contributed by atoms with Crippen LogP contribution in [0.25, 0.3) is 0 Å². The van der Waals surface area contributed by atoms with E-state index >= 15 is 0 Å². The molecule has 0 rings (SSSR count). The molecule has 0 saturated carbocycles. The molecule has 7 heavy (non-hydrogen) atoms. The lowest BCUT2D eigenvalue weighted by Gasteiger charge is -2.08. The first-order chi connectivity index (χ1) is 3.18. The Bertz CT molecular complexity index is 50.2. The molecule has 4 N–H and O–H groups in total. The van der Waals surface area contributed by atoms with Crippen molar-refractivity contribution in [3.8, 4) is 0 Å². The van der Waals surface area contributed by atoms with Crippen molar-refractivity contribution in [1.82, 2.24) is 0 Å². The summed E-state index contributed by atoms with van der Waals surface area (Å²) in [5, 5.41) is 16.3. The van der Waals surface area contributed by atoms with Crippen LogP contribution in [0, 0.1) is 0 Å². The van der Waals surface area contributed by atoms with E-state index in [1.165, 1.54) is 0 Å². The summed E-state index contributed by atoms with van der Waals surface area (Å²) in [7, 11) is 4.93. The molecule has 1 unspecified atom stereocenters. The van der Waals surface area contributed by atoms with E-state index in [4.69, 9.17) is 23.8 Å². The van der Waals surface area contributed by atoms with E-state index in [2.05, 4.69) is 0 Å². The molecule has 1 atom stereocenters. The largest absolute Gasteiger partial charge is 0.367 e. The van der Waals surface area contributed by atoms with Gasteiger partial charge in [0.2, 0.25) is 0 Å². The number of nitrogens with two attached hydrogens (primary N) is 1. The lowest BCUT2D eigenvalue weighted by Crippen LogP contribution is -2.33. The molecule has 0 aromatic carbocycles. The fourth-order valence-corrected chi connectivity index (χ4v) is 0.122. The zero-order valence-corrected chi connectivity index (χ0v) is 3.91. The van der Waals surface area contributed by atoms with Crippen molar-refractivity contribution in [2.24, 2.45) is 5.73 Å². The van der Waals surface area contributed by atoms with Crippen LogP contribution in [0.3, 0.4) is 0 Å². The van der Waals surface area contributed by atoms with Gasteiger partial charge in [-0.2, -0.15) is 0 Å². The van der Waals surface area contributed by atoms with Crippen LogP contribution >= 0.6 is 0 Å². The van der Waals surface area contributed by atoms with Crippen molar-refractivity contribution in [1.29, 1.82) is 0 Å². The fraction of sp³-hybridized carbons (Fsp3) is 1.00. The predicted molar refractivity (Wildman–Crippen MR) is 26.8 cm³/mol. The molecule has 0 aromatic rings. The third-order valence-electron chi connectivity index (χ3n) is 0.655. The van der Waals surface area contributed by atoms with Crippen molar-refractivity contribution in [2.45, 2.75) is 18.7 Å². The van der Waals surface area contributed by atoms with Gasteiger partial charge in [-0.25, -0.2) is 0 Å². The molecule has 0 aliphatic carbocycles. The van der Waals surface area contributed by atoms with E-state index in [-0.39, 0.29) is 6.32 Å². The van der Waals surface area contributed by atoms with Crippen LogP contribution in [0.15, 0.2) is 0 Å². The fourth-order valence-electron chi connectivity index (χ4n) is 0.122. The first kappa shape index (κ1) is 6.94. The maximum atomic E-state index is 8.17. The van der Waals surface area contributed by atoms with Gasteiger partial charge in [0.15, 0.2) is 6.29 Å². The second-order valence-electron chi connectivity index (χ2n) is 1.31. The summed E-state index contributed by atoms with van der Waals surface area (Å²) in [4.78, 5) is 0. The zero-order valence-electron chi connectivity index (χ0n) is 3.91. The number of hydrogen-bond acceptors (Lipinski definition) is 3. The van der Waals surface area contributed by atoms with Gasteiger partial charge in [-0.15, -0.1) is 0 Å². The molecule has 0 amide bonds. The molecule has 0 saturated heterocycles. The maximum absolute atomic E-state index is 8.17. The minimum Gasteiger partial charge on any atom is -0.367 e. The highest BCUT2D eigenvalue weighted by molar-refractivity contribution is 6.08. The summed E-state index contributed by atoms with van der Waals surface area (Å²) in [6.07, 6.45) is -1.39. The van der Waals surface area contributed by atoms with Crippen molar-refractivity contribution in [3.05, 3.63) is 0 Å². The molecule has 0 aromatic heterocycles. The molecule has 0 bridgehead atoms. The Morgan fingerprint density at radius 3 is 2.00 bits per heavy atom. The van der Waals surface area contributed by atoms with Crippen molar-refractivity contribution in [3.63, 3.8) is 0 Å². The summed E-state index contributed by atoms with van der Waals surface area (Å²) in [5.74, 6) is 0. The second-order valence-corrected chi connectivity index (χ2v) is 1.31. The van der Waals surface area contributed by atoms with Crippen LogP contribution in [0.2, 0.25) is 6.32 Å². The van der Waals surface area contributed by atoms with Crippen LogP contribution in [0.1, 0.15) is 0 Å². The van der Waals surface area contributed by atoms with E-state index in [0.29, 0.717) is 0 Å². The molecule has 40 valence electrons. The predicted octanol–water partition coefficient (Wildman–Crippen LogP) is -1.79. The van der Waals surface area contributed by atoms with Crippen molar-refractivity contribution < 1.29 is 10.2 Å². The molecule has 0 aliphatic heterocycles. The highest BCUT2D eigenvalue weighted by atomic mass is 16.5. The van der Waals surface area contributed by atoms with Crippen LogP contribution in [-0.4, -0.2) is 30.4 Å². The number of aliphatic hydroxyl groups is 2. The van der Waals surface area contributed by atoms with Crippen LogP contribution in [0.5, 0.6) is 0 Å². The van der Waals surface area contributed by atoms with Gasteiger partial charge in [-0.05, 0) is 0 Å². The quantitative estimate of drug-likeness (QED) is 0.284. The van der Waals surface area contributed by atoms with Crippen LogP contribution < -0.4 is 5.73 Å². The van der Waals surface area contributed by atoms with E-state index in [0.717, 1.165) is 0 Å². The van der Waals surface area contributed by atoms with Crippen LogP contribution in [-0.2, 0) is 0 Å². The maximum Gasteiger partial charge on any atom is 0.166 e. The van der Waals surface area contributed by atoms with Gasteiger partial charge in [0.1, 0.15) is 0 Å². The summed E-state index contributed by atoms with van der Waals surface area (Å²) < 4.78 is 0. The zero-order chi connectivity index (χ0) is 5.86. The van der Waals surface area contributed by atoms with Gasteiger partial charge in [0.05, 0.1) is 7.85 Å². The highest BCUT2D eigenvalue weighted by Gasteiger charge is 2.05. The minimum atomic E-state index is -1.48. The molecule has 4 heteroatoms.